The Balaban J connectivity index is -0.00000146. The van der Waals surface area contributed by atoms with E-state index in [2.05, 4.69) is 31.2 Å². The van der Waals surface area contributed by atoms with E-state index >= 15 is 0 Å². The van der Waals surface area contributed by atoms with E-state index in [-0.39, 0.29) is 35.4 Å². The topological polar surface area (TPSA) is 26.3 Å². The number of carbonyl (C=O) groups is 1. The van der Waals surface area contributed by atoms with Gasteiger partial charge in [-0.25, -0.2) is 0 Å². The molecule has 0 saturated heterocycles. The van der Waals surface area contributed by atoms with Gasteiger partial charge in [0.1, 0.15) is 0 Å². The molecular formula is C22H31F5O2S. The predicted molar refractivity (Wildman–Crippen MR) is 116 cm³/mol. The first kappa shape index (κ1) is 32.6. The van der Waals surface area contributed by atoms with E-state index in [1.807, 2.05) is 30.3 Å². The van der Waals surface area contributed by atoms with Gasteiger partial charge in [0.15, 0.2) is 0 Å². The van der Waals surface area contributed by atoms with E-state index in [9.17, 15) is 4.79 Å². The highest BCUT2D eigenvalue weighted by Crippen LogP contribution is 2.37. The lowest BCUT2D eigenvalue weighted by atomic mass is 9.78. The van der Waals surface area contributed by atoms with Gasteiger partial charge < -0.3 is 4.18 Å². The number of aryl methyl sites for hydroxylation is 1. The van der Waals surface area contributed by atoms with Gasteiger partial charge in [-0.1, -0.05) is 55.8 Å². The summed E-state index contributed by atoms with van der Waals surface area (Å²) in [7, 11) is 0. The third-order valence-electron chi connectivity index (χ3n) is 5.01. The molecule has 0 N–H and O–H groups in total. The summed E-state index contributed by atoms with van der Waals surface area (Å²) in [6.07, 6.45) is 6.34. The molecule has 1 fully saturated rings. The van der Waals surface area contributed by atoms with Gasteiger partial charge in [0.25, 0.3) is 0 Å². The van der Waals surface area contributed by atoms with Gasteiger partial charge >= 0.3 is 5.97 Å². The minimum atomic E-state index is -0.0643. The molecule has 0 spiro atoms. The molecule has 172 valence electrons. The van der Waals surface area contributed by atoms with Crippen LogP contribution in [0.15, 0.2) is 59.5 Å². The molecule has 0 atom stereocenters. The zero-order valence-electron chi connectivity index (χ0n) is 16.9. The fraction of sp³-hybridized carbons (Fsp3) is 0.409. The van der Waals surface area contributed by atoms with E-state index < -0.39 is 0 Å². The maximum atomic E-state index is 12.3. The van der Waals surface area contributed by atoms with Crippen LogP contribution in [0.2, 0.25) is 0 Å². The van der Waals surface area contributed by atoms with Crippen molar-refractivity contribution in [2.45, 2.75) is 56.3 Å². The second-order valence-electron chi connectivity index (χ2n) is 6.84. The Hall–Kier alpha value is -2.09. The van der Waals surface area contributed by atoms with Gasteiger partial charge in [-0.05, 0) is 61.3 Å². The molecule has 1 aliphatic rings. The SMILES string of the molecule is CCCc1ccc(C2CCC(C(=O)OSc3ccccc3)CC2)cc1.F.F.F.F.F. The van der Waals surface area contributed by atoms with Crippen molar-refractivity contribution in [2.75, 3.05) is 0 Å². The monoisotopic (exact) mass is 454 g/mol. The van der Waals surface area contributed by atoms with Crippen LogP contribution >= 0.6 is 12.0 Å². The fourth-order valence-corrected chi connectivity index (χ4v) is 4.12. The Morgan fingerprint density at radius 2 is 1.43 bits per heavy atom. The summed E-state index contributed by atoms with van der Waals surface area (Å²) in [5.74, 6) is 0.568. The van der Waals surface area contributed by atoms with Crippen LogP contribution in [0, 0.1) is 5.92 Å². The van der Waals surface area contributed by atoms with Gasteiger partial charge in [-0.2, -0.15) is 0 Å². The van der Waals surface area contributed by atoms with Crippen molar-refractivity contribution in [3.05, 3.63) is 65.7 Å². The molecule has 0 unspecified atom stereocenters. The second-order valence-corrected chi connectivity index (χ2v) is 7.64. The largest absolute Gasteiger partial charge is 0.386 e. The molecule has 0 bridgehead atoms. The summed E-state index contributed by atoms with van der Waals surface area (Å²) < 4.78 is 5.43. The Kier molecular flexibility index (Phi) is 18.1. The Labute approximate surface area is 178 Å². The molecule has 0 radical (unpaired) electrons. The predicted octanol–water partition coefficient (Wildman–Crippen LogP) is 6.93. The van der Waals surface area contributed by atoms with E-state index in [1.54, 1.807) is 0 Å². The Bertz CT molecular complexity index is 678. The molecule has 0 heterocycles. The maximum Gasteiger partial charge on any atom is 0.321 e. The molecule has 0 aromatic heterocycles. The number of hydrogen-bond donors (Lipinski definition) is 0. The fourth-order valence-electron chi connectivity index (χ4n) is 3.54. The first-order valence-corrected chi connectivity index (χ1v) is 10.0. The number of hydrogen-bond acceptors (Lipinski definition) is 3. The summed E-state index contributed by atoms with van der Waals surface area (Å²) >= 11 is 1.18. The third kappa shape index (κ3) is 9.15. The van der Waals surface area contributed by atoms with Crippen molar-refractivity contribution in [1.29, 1.82) is 0 Å². The standard InChI is InChI=1S/C22H26O2S.5FH/c1-2-6-17-9-11-18(12-10-17)19-13-15-20(16-14-19)22(23)24-25-21-7-4-3-5-8-21;;;;;/h3-5,7-12,19-20H,2,6,13-16H2,1H3;5*1H. The van der Waals surface area contributed by atoms with Crippen molar-refractivity contribution < 1.29 is 32.5 Å². The number of carbonyl (C=O) groups excluding carboxylic acids is 1. The average molecular weight is 455 g/mol. The van der Waals surface area contributed by atoms with Crippen LogP contribution in [0.1, 0.15) is 56.1 Å². The summed E-state index contributed by atoms with van der Waals surface area (Å²) in [6.45, 7) is 2.21. The molecule has 2 aromatic rings. The van der Waals surface area contributed by atoms with E-state index in [4.69, 9.17) is 4.18 Å². The van der Waals surface area contributed by atoms with Crippen LogP contribution in [-0.2, 0) is 15.4 Å². The van der Waals surface area contributed by atoms with Gasteiger partial charge in [-0.15, -0.1) is 0 Å². The van der Waals surface area contributed by atoms with Crippen molar-refractivity contribution in [3.63, 3.8) is 0 Å². The van der Waals surface area contributed by atoms with Crippen molar-refractivity contribution in [2.24, 2.45) is 5.92 Å². The summed E-state index contributed by atoms with van der Waals surface area (Å²) in [5, 5.41) is 0. The number of rotatable bonds is 6. The average Bonchev–Trinajstić information content (AvgIpc) is 2.68. The van der Waals surface area contributed by atoms with E-state index in [0.29, 0.717) is 5.92 Å². The van der Waals surface area contributed by atoms with E-state index in [1.165, 1.54) is 29.6 Å². The molecule has 2 aromatic carbocycles. The van der Waals surface area contributed by atoms with Crippen LogP contribution in [0.5, 0.6) is 0 Å². The zero-order valence-corrected chi connectivity index (χ0v) is 17.7. The van der Waals surface area contributed by atoms with E-state index in [0.717, 1.165) is 37.0 Å². The highest BCUT2D eigenvalue weighted by atomic mass is 32.2. The van der Waals surface area contributed by atoms with Crippen LogP contribution in [0.25, 0.3) is 0 Å². The van der Waals surface area contributed by atoms with Gasteiger partial charge in [0.05, 0.1) is 18.0 Å². The molecule has 1 saturated carbocycles. The van der Waals surface area contributed by atoms with Crippen LogP contribution < -0.4 is 0 Å². The lowest BCUT2D eigenvalue weighted by molar-refractivity contribution is -0.138. The Morgan fingerprint density at radius 1 is 0.867 bits per heavy atom. The normalized spacial score (nSPS) is 16.8. The van der Waals surface area contributed by atoms with Gasteiger partial charge in [0.2, 0.25) is 0 Å². The lowest BCUT2D eigenvalue weighted by Gasteiger charge is -2.27. The first-order chi connectivity index (χ1) is 12.3. The van der Waals surface area contributed by atoms with Crippen LogP contribution in [0.3, 0.4) is 0 Å². The summed E-state index contributed by atoms with van der Waals surface area (Å²) in [4.78, 5) is 13.3. The van der Waals surface area contributed by atoms with Crippen molar-refractivity contribution >= 4 is 18.0 Å². The molecule has 0 aliphatic heterocycles. The van der Waals surface area contributed by atoms with Crippen LogP contribution in [0.4, 0.5) is 23.5 Å². The Morgan fingerprint density at radius 3 is 1.97 bits per heavy atom. The van der Waals surface area contributed by atoms with Crippen LogP contribution in [-0.4, -0.2) is 5.97 Å². The summed E-state index contributed by atoms with van der Waals surface area (Å²) in [5.41, 5.74) is 2.84. The molecule has 2 nitrogen and oxygen atoms in total. The smallest absolute Gasteiger partial charge is 0.321 e. The number of halogens is 5. The summed E-state index contributed by atoms with van der Waals surface area (Å²) in [6, 6.07) is 18.8. The highest BCUT2D eigenvalue weighted by Gasteiger charge is 2.28. The van der Waals surface area contributed by atoms with Gasteiger partial charge in [-0.3, -0.25) is 28.3 Å². The molecular weight excluding hydrogens is 423 g/mol. The minimum Gasteiger partial charge on any atom is -0.386 e. The van der Waals surface area contributed by atoms with Crippen molar-refractivity contribution in [1.82, 2.24) is 0 Å². The molecule has 8 heteroatoms. The quantitative estimate of drug-likeness (QED) is 0.350. The first-order valence-electron chi connectivity index (χ1n) is 9.28. The highest BCUT2D eigenvalue weighted by molar-refractivity contribution is 7.95. The second kappa shape index (κ2) is 16.7. The molecule has 1 aliphatic carbocycles. The number of benzene rings is 2. The maximum absolute atomic E-state index is 12.3. The van der Waals surface area contributed by atoms with Gasteiger partial charge in [0, 0.05) is 4.90 Å². The molecule has 30 heavy (non-hydrogen) atoms. The molecule has 0 amide bonds. The van der Waals surface area contributed by atoms with Crippen molar-refractivity contribution in [3.8, 4) is 0 Å². The lowest BCUT2D eigenvalue weighted by Crippen LogP contribution is -2.21. The third-order valence-corrected chi connectivity index (χ3v) is 5.73. The minimum absolute atomic E-state index is 0. The molecule has 3 rings (SSSR count). The zero-order chi connectivity index (χ0) is 17.5.